The molecule has 0 unspecified atom stereocenters. The van der Waals surface area contributed by atoms with Crippen LogP contribution in [-0.4, -0.2) is 27.0 Å². The van der Waals surface area contributed by atoms with Gasteiger partial charge in [-0.1, -0.05) is 0 Å². The number of carbonyl (C=O) groups excluding carboxylic acids is 1. The molecule has 1 rings (SSSR count). The van der Waals surface area contributed by atoms with Gasteiger partial charge in [0.2, 0.25) is 5.91 Å². The lowest BCUT2D eigenvalue weighted by Crippen LogP contribution is -2.07. The van der Waals surface area contributed by atoms with E-state index in [4.69, 9.17) is 15.0 Å². The summed E-state index contributed by atoms with van der Waals surface area (Å²) in [5.41, 5.74) is -0.263. The van der Waals surface area contributed by atoms with Gasteiger partial charge in [-0.05, 0) is 12.1 Å². The summed E-state index contributed by atoms with van der Waals surface area (Å²) in [5, 5.41) is 29.2. The van der Waals surface area contributed by atoms with Gasteiger partial charge in [-0.3, -0.25) is 19.7 Å². The Morgan fingerprint density at radius 3 is 2.22 bits per heavy atom. The second-order valence-corrected chi connectivity index (χ2v) is 3.16. The lowest BCUT2D eigenvalue weighted by atomic mass is 10.2. The highest BCUT2D eigenvalue weighted by atomic mass is 16.6. The normalized spacial score (nSPS) is 8.78. The number of carboxylic acid groups (broad SMARTS) is 1. The van der Waals surface area contributed by atoms with Crippen LogP contribution >= 0.6 is 0 Å². The molecule has 0 aliphatic carbocycles. The number of carboxylic acids is 1. The highest BCUT2D eigenvalue weighted by Crippen LogP contribution is 2.28. The van der Waals surface area contributed by atoms with E-state index in [1.54, 1.807) is 0 Å². The van der Waals surface area contributed by atoms with Gasteiger partial charge in [-0.15, -0.1) is 0 Å². The van der Waals surface area contributed by atoms with Gasteiger partial charge in [0.15, 0.2) is 0 Å². The van der Waals surface area contributed by atoms with Crippen molar-refractivity contribution in [2.75, 3.05) is 5.32 Å². The van der Waals surface area contributed by atoms with Crippen LogP contribution in [0.2, 0.25) is 0 Å². The van der Waals surface area contributed by atoms with Crippen molar-refractivity contribution in [3.05, 3.63) is 28.3 Å². The first kappa shape index (κ1) is 15.4. The lowest BCUT2D eigenvalue weighted by molar-refractivity contribution is -0.384. The number of nitro groups is 1. The van der Waals surface area contributed by atoms with Gasteiger partial charge in [0, 0.05) is 13.8 Å². The molecule has 0 aliphatic rings. The standard InChI is InChI=1S/C8H8N2O4.C2H4O2/c1-5(11)9-7-3-2-6(12)4-8(7)10(13)14;1-2(3)4/h2-4,12H,1H3,(H,9,11);1H3,(H,3,4). The molecule has 1 aromatic rings. The Hall–Kier alpha value is -2.64. The molecule has 0 spiro atoms. The molecule has 0 bridgehead atoms. The van der Waals surface area contributed by atoms with Crippen LogP contribution in [0.25, 0.3) is 0 Å². The minimum absolute atomic E-state index is 0.0697. The summed E-state index contributed by atoms with van der Waals surface area (Å²) in [7, 11) is 0. The summed E-state index contributed by atoms with van der Waals surface area (Å²) < 4.78 is 0. The number of phenolic OH excluding ortho intramolecular Hbond substituents is 1. The van der Waals surface area contributed by atoms with Crippen LogP contribution in [0.5, 0.6) is 5.75 Å². The van der Waals surface area contributed by atoms with Crippen LogP contribution < -0.4 is 5.32 Å². The van der Waals surface area contributed by atoms with Crippen LogP contribution in [0, 0.1) is 10.1 Å². The Kier molecular flexibility index (Phi) is 5.84. The molecule has 0 aliphatic heterocycles. The SMILES string of the molecule is CC(=O)Nc1ccc(O)cc1[N+](=O)[O-].CC(=O)O. The number of benzene rings is 1. The number of anilines is 1. The molecule has 1 aromatic carbocycles. The maximum Gasteiger partial charge on any atom is 0.300 e. The number of aromatic hydroxyl groups is 1. The number of rotatable bonds is 2. The van der Waals surface area contributed by atoms with Gasteiger partial charge in [-0.2, -0.15) is 0 Å². The Morgan fingerprint density at radius 2 is 1.83 bits per heavy atom. The number of carbonyl (C=O) groups is 2. The summed E-state index contributed by atoms with van der Waals surface area (Å²) in [5.74, 6) is -1.45. The largest absolute Gasteiger partial charge is 0.508 e. The van der Waals surface area contributed by atoms with Crippen molar-refractivity contribution in [2.24, 2.45) is 0 Å². The first-order valence-corrected chi connectivity index (χ1v) is 4.68. The second-order valence-electron chi connectivity index (χ2n) is 3.16. The van der Waals surface area contributed by atoms with Crippen LogP contribution in [0.15, 0.2) is 18.2 Å². The fourth-order valence-electron chi connectivity index (χ4n) is 0.966. The number of nitrogens with zero attached hydrogens (tertiary/aromatic N) is 1. The molecule has 0 radical (unpaired) electrons. The van der Waals surface area contributed by atoms with Crippen molar-refractivity contribution in [3.8, 4) is 5.75 Å². The Balaban J connectivity index is 0.000000631. The summed E-state index contributed by atoms with van der Waals surface area (Å²) in [6.45, 7) is 2.33. The van der Waals surface area contributed by atoms with Gasteiger partial charge < -0.3 is 15.5 Å². The van der Waals surface area contributed by atoms with E-state index in [1.165, 1.54) is 19.1 Å². The van der Waals surface area contributed by atoms with Gasteiger partial charge >= 0.3 is 0 Å². The highest BCUT2D eigenvalue weighted by molar-refractivity contribution is 5.91. The fourth-order valence-corrected chi connectivity index (χ4v) is 0.966. The minimum Gasteiger partial charge on any atom is -0.508 e. The molecule has 98 valence electrons. The van der Waals surface area contributed by atoms with Crippen LogP contribution in [0.1, 0.15) is 13.8 Å². The minimum atomic E-state index is -0.833. The number of phenols is 1. The molecular weight excluding hydrogens is 244 g/mol. The predicted octanol–water partition coefficient (Wildman–Crippen LogP) is 1.35. The zero-order valence-electron chi connectivity index (χ0n) is 9.71. The topological polar surface area (TPSA) is 130 Å². The van der Waals surface area contributed by atoms with Gasteiger partial charge in [0.05, 0.1) is 11.0 Å². The summed E-state index contributed by atoms with van der Waals surface area (Å²) in [4.78, 5) is 29.5. The Bertz CT molecular complexity index is 467. The van der Waals surface area contributed by atoms with Gasteiger partial charge in [-0.25, -0.2) is 0 Å². The maximum atomic E-state index is 10.7. The zero-order valence-corrected chi connectivity index (χ0v) is 9.71. The summed E-state index contributed by atoms with van der Waals surface area (Å²) in [6.07, 6.45) is 0. The molecule has 18 heavy (non-hydrogen) atoms. The van der Waals surface area contributed by atoms with Crippen molar-refractivity contribution in [1.82, 2.24) is 0 Å². The molecule has 0 heterocycles. The van der Waals surface area contributed by atoms with E-state index < -0.39 is 16.8 Å². The second kappa shape index (κ2) is 6.84. The van der Waals surface area contributed by atoms with E-state index in [1.807, 2.05) is 0 Å². The molecule has 3 N–H and O–H groups in total. The summed E-state index contributed by atoms with van der Waals surface area (Å²) >= 11 is 0. The van der Waals surface area contributed by atoms with E-state index in [9.17, 15) is 14.9 Å². The van der Waals surface area contributed by atoms with Crippen molar-refractivity contribution >= 4 is 23.3 Å². The van der Waals surface area contributed by atoms with Crippen molar-refractivity contribution in [3.63, 3.8) is 0 Å². The van der Waals surface area contributed by atoms with Crippen LogP contribution in [0.4, 0.5) is 11.4 Å². The third kappa shape index (κ3) is 6.05. The molecule has 8 heteroatoms. The Labute approximate surface area is 102 Å². The number of hydrogen-bond donors (Lipinski definition) is 3. The van der Waals surface area contributed by atoms with E-state index in [2.05, 4.69) is 5.32 Å². The molecule has 0 saturated carbocycles. The number of aliphatic carboxylic acids is 1. The predicted molar refractivity (Wildman–Crippen MR) is 62.4 cm³/mol. The maximum absolute atomic E-state index is 10.7. The molecule has 0 aromatic heterocycles. The smallest absolute Gasteiger partial charge is 0.300 e. The highest BCUT2D eigenvalue weighted by Gasteiger charge is 2.14. The first-order valence-electron chi connectivity index (χ1n) is 4.68. The molecule has 0 fully saturated rings. The average Bonchev–Trinajstić information content (AvgIpc) is 2.18. The van der Waals surface area contributed by atoms with E-state index in [0.29, 0.717) is 0 Å². The van der Waals surface area contributed by atoms with Gasteiger partial charge in [0.1, 0.15) is 11.4 Å². The van der Waals surface area contributed by atoms with Crippen LogP contribution in [-0.2, 0) is 9.59 Å². The number of amides is 1. The number of nitro benzene ring substituents is 1. The van der Waals surface area contributed by atoms with E-state index in [0.717, 1.165) is 13.0 Å². The third-order valence-electron chi connectivity index (χ3n) is 1.49. The molecule has 0 atom stereocenters. The van der Waals surface area contributed by atoms with Crippen LogP contribution in [0.3, 0.4) is 0 Å². The number of hydrogen-bond acceptors (Lipinski definition) is 5. The van der Waals surface area contributed by atoms with Crippen molar-refractivity contribution < 1.29 is 24.7 Å². The molecule has 0 saturated heterocycles. The number of nitrogens with one attached hydrogen (secondary N) is 1. The lowest BCUT2D eigenvalue weighted by Gasteiger charge is -2.02. The Morgan fingerprint density at radius 1 is 1.33 bits per heavy atom. The zero-order chi connectivity index (χ0) is 14.3. The van der Waals surface area contributed by atoms with E-state index in [-0.39, 0.29) is 17.1 Å². The summed E-state index contributed by atoms with van der Waals surface area (Å²) in [6, 6.07) is 3.51. The first-order chi connectivity index (χ1) is 8.23. The third-order valence-corrected chi connectivity index (χ3v) is 1.49. The average molecular weight is 256 g/mol. The molecular formula is C10H12N2O6. The molecule has 1 amide bonds. The van der Waals surface area contributed by atoms with E-state index >= 15 is 0 Å². The van der Waals surface area contributed by atoms with Crippen molar-refractivity contribution in [1.29, 1.82) is 0 Å². The monoisotopic (exact) mass is 256 g/mol. The van der Waals surface area contributed by atoms with Crippen molar-refractivity contribution in [2.45, 2.75) is 13.8 Å². The molecule has 8 nitrogen and oxygen atoms in total. The fraction of sp³-hybridized carbons (Fsp3) is 0.200. The van der Waals surface area contributed by atoms with Gasteiger partial charge in [0.25, 0.3) is 11.7 Å². The quantitative estimate of drug-likeness (QED) is 0.416.